The number of rotatable bonds is 6. The summed E-state index contributed by atoms with van der Waals surface area (Å²) in [4.78, 5) is 24.3. The maximum atomic E-state index is 12.2. The molecular formula is C18H17Br2NO4S. The summed E-state index contributed by atoms with van der Waals surface area (Å²) in [6.07, 6.45) is 0. The second kappa shape index (κ2) is 8.54. The summed E-state index contributed by atoms with van der Waals surface area (Å²) >= 11 is 8.13. The molecular weight excluding hydrogens is 486 g/mol. The SMILES string of the molecule is CC(C)(C)C(=O)C(Br)Oc1ccc(Sc2cccc([N+](=O)[O-])c2)cc1Br. The van der Waals surface area contributed by atoms with Crippen LogP contribution < -0.4 is 4.74 Å². The lowest BCUT2D eigenvalue weighted by molar-refractivity contribution is -0.385. The molecule has 0 spiro atoms. The second-order valence-corrected chi connectivity index (χ2v) is 9.33. The predicted molar refractivity (Wildman–Crippen MR) is 109 cm³/mol. The van der Waals surface area contributed by atoms with E-state index in [0.717, 1.165) is 9.79 Å². The van der Waals surface area contributed by atoms with Crippen LogP contribution in [-0.4, -0.2) is 15.7 Å². The fourth-order valence-electron chi connectivity index (χ4n) is 1.94. The number of carbonyl (C=O) groups is 1. The highest BCUT2D eigenvalue weighted by molar-refractivity contribution is 9.10. The number of Topliss-reactive ketones (excluding diaryl/α,β-unsaturated/α-hetero) is 1. The number of alkyl halides is 1. The Morgan fingerprint density at radius 3 is 2.42 bits per heavy atom. The highest BCUT2D eigenvalue weighted by Crippen LogP contribution is 2.36. The lowest BCUT2D eigenvalue weighted by atomic mass is 9.91. The van der Waals surface area contributed by atoms with Gasteiger partial charge in [-0.05, 0) is 56.1 Å². The first-order valence-corrected chi connectivity index (χ1v) is 10.2. The molecule has 0 aliphatic heterocycles. The van der Waals surface area contributed by atoms with Crippen molar-refractivity contribution in [1.82, 2.24) is 0 Å². The second-order valence-electron chi connectivity index (χ2n) is 6.50. The number of halogens is 2. The summed E-state index contributed by atoms with van der Waals surface area (Å²) in [5, 5.41) is 10.1. The molecule has 2 rings (SSSR count). The Kier molecular flexibility index (Phi) is 6.87. The van der Waals surface area contributed by atoms with Gasteiger partial charge < -0.3 is 4.74 Å². The third kappa shape index (κ3) is 5.56. The van der Waals surface area contributed by atoms with Crippen molar-refractivity contribution in [2.45, 2.75) is 35.6 Å². The summed E-state index contributed by atoms with van der Waals surface area (Å²) in [6, 6.07) is 11.9. The van der Waals surface area contributed by atoms with Crippen molar-refractivity contribution in [3.63, 3.8) is 0 Å². The summed E-state index contributed by atoms with van der Waals surface area (Å²) in [5.41, 5.74) is -0.463. The number of ketones is 1. The van der Waals surface area contributed by atoms with Gasteiger partial charge in [0, 0.05) is 27.3 Å². The van der Waals surface area contributed by atoms with Crippen LogP contribution in [0, 0.1) is 15.5 Å². The van der Waals surface area contributed by atoms with Crippen molar-refractivity contribution in [1.29, 1.82) is 0 Å². The molecule has 0 saturated heterocycles. The minimum atomic E-state index is -0.742. The molecule has 0 N–H and O–H groups in total. The van der Waals surface area contributed by atoms with Crippen LogP contribution in [0.2, 0.25) is 0 Å². The van der Waals surface area contributed by atoms with Gasteiger partial charge in [0.15, 0.2) is 5.78 Å². The molecule has 5 nitrogen and oxygen atoms in total. The molecule has 2 aromatic rings. The van der Waals surface area contributed by atoms with Crippen LogP contribution in [0.5, 0.6) is 5.75 Å². The Bertz CT molecular complexity index is 836. The Labute approximate surface area is 172 Å². The van der Waals surface area contributed by atoms with Crippen LogP contribution in [-0.2, 0) is 4.79 Å². The first-order chi connectivity index (χ1) is 12.1. The van der Waals surface area contributed by atoms with Gasteiger partial charge in [-0.1, -0.05) is 38.6 Å². The molecule has 8 heteroatoms. The van der Waals surface area contributed by atoms with Gasteiger partial charge >= 0.3 is 0 Å². The number of nitro benzene ring substituents is 1. The van der Waals surface area contributed by atoms with E-state index >= 15 is 0 Å². The van der Waals surface area contributed by atoms with E-state index in [1.165, 1.54) is 23.9 Å². The molecule has 0 aromatic heterocycles. The number of nitro groups is 1. The average molecular weight is 503 g/mol. The van der Waals surface area contributed by atoms with Crippen molar-refractivity contribution in [3.05, 3.63) is 57.1 Å². The van der Waals surface area contributed by atoms with E-state index in [2.05, 4.69) is 31.9 Å². The molecule has 0 radical (unpaired) electrons. The monoisotopic (exact) mass is 501 g/mol. The number of hydrogen-bond acceptors (Lipinski definition) is 5. The number of nitrogens with zero attached hydrogens (tertiary/aromatic N) is 1. The molecule has 138 valence electrons. The minimum Gasteiger partial charge on any atom is -0.470 e. The van der Waals surface area contributed by atoms with Gasteiger partial charge in [0.1, 0.15) is 5.75 Å². The minimum absolute atomic E-state index is 0.0526. The van der Waals surface area contributed by atoms with Crippen LogP contribution in [0.1, 0.15) is 20.8 Å². The molecule has 0 amide bonds. The van der Waals surface area contributed by atoms with E-state index in [4.69, 9.17) is 4.74 Å². The van der Waals surface area contributed by atoms with Crippen molar-refractivity contribution in [2.24, 2.45) is 5.41 Å². The van der Waals surface area contributed by atoms with Crippen LogP contribution in [0.25, 0.3) is 0 Å². The zero-order valence-electron chi connectivity index (χ0n) is 14.4. The molecule has 0 heterocycles. The van der Waals surface area contributed by atoms with Crippen molar-refractivity contribution in [2.75, 3.05) is 0 Å². The van der Waals surface area contributed by atoms with Gasteiger partial charge in [0.05, 0.1) is 9.40 Å². The molecule has 1 unspecified atom stereocenters. The zero-order valence-corrected chi connectivity index (χ0v) is 18.4. The number of ether oxygens (including phenoxy) is 1. The maximum absolute atomic E-state index is 12.2. The molecule has 0 aliphatic carbocycles. The average Bonchev–Trinajstić information content (AvgIpc) is 2.56. The highest BCUT2D eigenvalue weighted by Gasteiger charge is 2.29. The molecule has 0 bridgehead atoms. The van der Waals surface area contributed by atoms with Gasteiger partial charge in [0.2, 0.25) is 5.01 Å². The number of hydrogen-bond donors (Lipinski definition) is 0. The zero-order chi connectivity index (χ0) is 19.5. The van der Waals surface area contributed by atoms with Crippen molar-refractivity contribution < 1.29 is 14.5 Å². The Balaban J connectivity index is 2.13. The standard InChI is InChI=1S/C18H17Br2NO4S/c1-18(2,3)16(22)17(20)25-15-8-7-13(10-14(15)19)26-12-6-4-5-11(9-12)21(23)24/h4-10,17H,1-3H3. The smallest absolute Gasteiger partial charge is 0.270 e. The first-order valence-electron chi connectivity index (χ1n) is 7.65. The van der Waals surface area contributed by atoms with E-state index in [0.29, 0.717) is 10.2 Å². The largest absolute Gasteiger partial charge is 0.470 e. The summed E-state index contributed by atoms with van der Waals surface area (Å²) in [7, 11) is 0. The third-order valence-electron chi connectivity index (χ3n) is 3.34. The van der Waals surface area contributed by atoms with Crippen LogP contribution in [0.4, 0.5) is 5.69 Å². The number of benzene rings is 2. The van der Waals surface area contributed by atoms with Crippen LogP contribution in [0.3, 0.4) is 0 Å². The molecule has 0 aliphatic rings. The number of carbonyl (C=O) groups excluding carboxylic acids is 1. The lowest BCUT2D eigenvalue weighted by Gasteiger charge is -2.22. The van der Waals surface area contributed by atoms with Gasteiger partial charge in [-0.3, -0.25) is 14.9 Å². The van der Waals surface area contributed by atoms with Gasteiger partial charge in [-0.2, -0.15) is 0 Å². The molecule has 0 saturated carbocycles. The third-order valence-corrected chi connectivity index (χ3v) is 5.54. The Hall–Kier alpha value is -1.38. The molecule has 1 atom stereocenters. The topological polar surface area (TPSA) is 69.4 Å². The summed E-state index contributed by atoms with van der Waals surface area (Å²) < 4.78 is 6.40. The van der Waals surface area contributed by atoms with Crippen LogP contribution in [0.15, 0.2) is 56.7 Å². The fourth-order valence-corrected chi connectivity index (χ4v) is 4.37. The van der Waals surface area contributed by atoms with Gasteiger partial charge in [-0.15, -0.1) is 0 Å². The van der Waals surface area contributed by atoms with Gasteiger partial charge in [0.25, 0.3) is 5.69 Å². The van der Waals surface area contributed by atoms with Crippen molar-refractivity contribution >= 4 is 55.1 Å². The van der Waals surface area contributed by atoms with E-state index in [1.807, 2.05) is 39.0 Å². The van der Waals surface area contributed by atoms with E-state index in [1.54, 1.807) is 12.1 Å². The van der Waals surface area contributed by atoms with Crippen molar-refractivity contribution in [3.8, 4) is 5.75 Å². The molecule has 2 aromatic carbocycles. The predicted octanol–water partition coefficient (Wildman–Crippen LogP) is 6.22. The van der Waals surface area contributed by atoms with E-state index in [9.17, 15) is 14.9 Å². The molecule has 0 fully saturated rings. The van der Waals surface area contributed by atoms with Crippen LogP contribution >= 0.6 is 43.6 Å². The lowest BCUT2D eigenvalue weighted by Crippen LogP contribution is -2.32. The Morgan fingerprint density at radius 2 is 1.85 bits per heavy atom. The maximum Gasteiger partial charge on any atom is 0.270 e. The quantitative estimate of drug-likeness (QED) is 0.266. The summed E-state index contributed by atoms with van der Waals surface area (Å²) in [5.74, 6) is 0.479. The van der Waals surface area contributed by atoms with Gasteiger partial charge in [-0.25, -0.2) is 0 Å². The van der Waals surface area contributed by atoms with E-state index < -0.39 is 15.4 Å². The first kappa shape index (κ1) is 20.9. The fraction of sp³-hybridized carbons (Fsp3) is 0.278. The van der Waals surface area contributed by atoms with E-state index in [-0.39, 0.29) is 11.5 Å². The molecule has 26 heavy (non-hydrogen) atoms. The summed E-state index contributed by atoms with van der Waals surface area (Å²) in [6.45, 7) is 5.50. The number of non-ortho nitro benzene ring substituents is 1. The Morgan fingerprint density at radius 1 is 1.19 bits per heavy atom. The highest BCUT2D eigenvalue weighted by atomic mass is 79.9. The normalized spacial score (nSPS) is 12.5.